The van der Waals surface area contributed by atoms with Crippen molar-refractivity contribution in [2.45, 2.75) is 0 Å². The predicted molar refractivity (Wildman–Crippen MR) is 76.6 cm³/mol. The lowest BCUT2D eigenvalue weighted by Gasteiger charge is -2.04. The summed E-state index contributed by atoms with van der Waals surface area (Å²) >= 11 is 1.95. The zero-order valence-electron chi connectivity index (χ0n) is 9.09. The summed E-state index contributed by atoms with van der Waals surface area (Å²) in [5.74, 6) is 0.500. The van der Waals surface area contributed by atoms with Gasteiger partial charge in [0.05, 0.1) is 18.0 Å². The second kappa shape index (κ2) is 4.09. The Bertz CT molecular complexity index is 791. The number of nitrogen functional groups attached to an aromatic ring is 1. The fraction of sp³-hybridized carbons (Fsp3) is 0. The molecular formula is C11H8IN5O. The largest absolute Gasteiger partial charge is 0.399 e. The second-order valence-corrected chi connectivity index (χ2v) is 4.82. The lowest BCUT2D eigenvalue weighted by atomic mass is 10.2. The molecule has 0 atom stereocenters. The smallest absolute Gasteiger partial charge is 0.266 e. The van der Waals surface area contributed by atoms with Crippen molar-refractivity contribution in [3.63, 3.8) is 0 Å². The summed E-state index contributed by atoms with van der Waals surface area (Å²) in [6.07, 6.45) is 3.08. The summed E-state index contributed by atoms with van der Waals surface area (Å²) in [6, 6.07) is 5.50. The molecule has 3 N–H and O–H groups in total. The van der Waals surface area contributed by atoms with Crippen LogP contribution in [-0.4, -0.2) is 19.7 Å². The number of nitrogens with zero attached hydrogens (tertiary/aromatic N) is 3. The molecule has 0 radical (unpaired) electrons. The van der Waals surface area contributed by atoms with Crippen molar-refractivity contribution in [1.82, 2.24) is 19.7 Å². The number of hydrogen-bond donors (Lipinski definition) is 2. The van der Waals surface area contributed by atoms with E-state index < -0.39 is 0 Å². The highest BCUT2D eigenvalue weighted by Crippen LogP contribution is 2.20. The summed E-state index contributed by atoms with van der Waals surface area (Å²) in [5.41, 5.74) is 7.05. The number of benzene rings is 1. The van der Waals surface area contributed by atoms with Crippen molar-refractivity contribution >= 4 is 39.2 Å². The first-order valence-electron chi connectivity index (χ1n) is 5.13. The van der Waals surface area contributed by atoms with Gasteiger partial charge in [0.2, 0.25) is 0 Å². The summed E-state index contributed by atoms with van der Waals surface area (Å²) < 4.78 is 2.10. The van der Waals surface area contributed by atoms with Crippen LogP contribution in [0, 0.1) is 3.57 Å². The monoisotopic (exact) mass is 353 g/mol. The highest BCUT2D eigenvalue weighted by Gasteiger charge is 2.11. The second-order valence-electron chi connectivity index (χ2n) is 3.74. The fourth-order valence-electron chi connectivity index (χ4n) is 1.73. The molecule has 3 rings (SSSR count). The molecule has 0 unspecified atom stereocenters. The van der Waals surface area contributed by atoms with Crippen molar-refractivity contribution in [3.05, 3.63) is 44.6 Å². The van der Waals surface area contributed by atoms with Crippen LogP contribution in [0.15, 0.2) is 35.5 Å². The third kappa shape index (κ3) is 1.67. The zero-order chi connectivity index (χ0) is 12.7. The molecule has 18 heavy (non-hydrogen) atoms. The molecule has 0 aliphatic carbocycles. The topological polar surface area (TPSA) is 89.6 Å². The van der Waals surface area contributed by atoms with Gasteiger partial charge in [0.25, 0.3) is 5.56 Å². The van der Waals surface area contributed by atoms with Crippen molar-refractivity contribution in [2.75, 3.05) is 5.73 Å². The summed E-state index contributed by atoms with van der Waals surface area (Å²) in [7, 11) is 0. The third-order valence-electron chi connectivity index (χ3n) is 2.57. The van der Waals surface area contributed by atoms with Gasteiger partial charge >= 0.3 is 0 Å². The van der Waals surface area contributed by atoms with Gasteiger partial charge in [-0.3, -0.25) is 4.79 Å². The predicted octanol–water partition coefficient (Wildman–Crippen LogP) is 1.30. The Labute approximate surface area is 115 Å². The third-order valence-corrected chi connectivity index (χ3v) is 3.55. The van der Waals surface area contributed by atoms with Gasteiger partial charge in [-0.1, -0.05) is 0 Å². The van der Waals surface area contributed by atoms with Crippen LogP contribution in [0.2, 0.25) is 0 Å². The number of aromatic nitrogens is 4. The molecular weight excluding hydrogens is 345 g/mol. The first-order chi connectivity index (χ1) is 8.66. The molecule has 0 aliphatic rings. The van der Waals surface area contributed by atoms with Crippen LogP contribution in [-0.2, 0) is 0 Å². The first kappa shape index (κ1) is 11.2. The van der Waals surface area contributed by atoms with E-state index in [0.717, 1.165) is 10.9 Å². The standard InChI is InChI=1S/C11H8IN5O/c12-9-10(14-5-15-11(9)18)17-8-3-7(13)2-1-6(8)4-16-17/h1-5H,13H2,(H,14,15,18). The van der Waals surface area contributed by atoms with Gasteiger partial charge in [0, 0.05) is 11.1 Å². The van der Waals surface area contributed by atoms with E-state index in [1.165, 1.54) is 6.33 Å². The molecule has 0 saturated heterocycles. The van der Waals surface area contributed by atoms with Gasteiger partial charge in [-0.05, 0) is 40.8 Å². The molecule has 3 aromatic rings. The molecule has 7 heteroatoms. The number of fused-ring (bicyclic) bond motifs is 1. The van der Waals surface area contributed by atoms with E-state index in [9.17, 15) is 4.79 Å². The summed E-state index contributed by atoms with van der Waals surface area (Å²) in [5, 5.41) is 5.20. The Morgan fingerprint density at radius 1 is 1.39 bits per heavy atom. The maximum Gasteiger partial charge on any atom is 0.266 e. The van der Waals surface area contributed by atoms with E-state index in [1.54, 1.807) is 16.9 Å². The maximum absolute atomic E-state index is 11.6. The van der Waals surface area contributed by atoms with Crippen molar-refractivity contribution in [1.29, 1.82) is 0 Å². The van der Waals surface area contributed by atoms with Gasteiger partial charge in [0.15, 0.2) is 5.82 Å². The average Bonchev–Trinajstić information content (AvgIpc) is 2.75. The van der Waals surface area contributed by atoms with Gasteiger partial charge in [-0.15, -0.1) is 0 Å². The minimum atomic E-state index is -0.187. The van der Waals surface area contributed by atoms with Crippen molar-refractivity contribution < 1.29 is 0 Å². The van der Waals surface area contributed by atoms with Crippen LogP contribution in [0.25, 0.3) is 16.7 Å². The number of anilines is 1. The van der Waals surface area contributed by atoms with Crippen LogP contribution in [0.4, 0.5) is 5.69 Å². The quantitative estimate of drug-likeness (QED) is 0.510. The fourth-order valence-corrected chi connectivity index (χ4v) is 2.25. The Balaban J connectivity index is 2.35. The molecule has 0 spiro atoms. The summed E-state index contributed by atoms with van der Waals surface area (Å²) in [6.45, 7) is 0. The molecule has 1 aromatic carbocycles. The lowest BCUT2D eigenvalue weighted by Crippen LogP contribution is -2.15. The minimum absolute atomic E-state index is 0.187. The molecule has 0 fully saturated rings. The van der Waals surface area contributed by atoms with Gasteiger partial charge in [0.1, 0.15) is 3.57 Å². The molecule has 2 heterocycles. The number of nitrogens with two attached hydrogens (primary N) is 1. The van der Waals surface area contributed by atoms with E-state index in [2.05, 4.69) is 15.1 Å². The number of nitrogens with one attached hydrogen (secondary N) is 1. The molecule has 0 saturated carbocycles. The minimum Gasteiger partial charge on any atom is -0.399 e. The van der Waals surface area contributed by atoms with Crippen molar-refractivity contribution in [3.8, 4) is 5.82 Å². The Morgan fingerprint density at radius 2 is 2.22 bits per heavy atom. The van der Waals surface area contributed by atoms with Gasteiger partial charge in [-0.25, -0.2) is 9.67 Å². The van der Waals surface area contributed by atoms with Crippen LogP contribution in [0.5, 0.6) is 0 Å². The molecule has 2 aromatic heterocycles. The van der Waals surface area contributed by atoms with Crippen LogP contribution in [0.3, 0.4) is 0 Å². The number of hydrogen-bond acceptors (Lipinski definition) is 4. The average molecular weight is 353 g/mol. The Kier molecular flexibility index (Phi) is 2.54. The first-order valence-corrected chi connectivity index (χ1v) is 6.21. The van der Waals surface area contributed by atoms with Crippen molar-refractivity contribution in [2.24, 2.45) is 0 Å². The van der Waals surface area contributed by atoms with Crippen LogP contribution >= 0.6 is 22.6 Å². The van der Waals surface area contributed by atoms with Crippen LogP contribution in [0.1, 0.15) is 0 Å². The Hall–Kier alpha value is -1.90. The SMILES string of the molecule is Nc1ccc2cnn(-c3nc[nH]c(=O)c3I)c2c1. The summed E-state index contributed by atoms with van der Waals surface area (Å²) in [4.78, 5) is 18.2. The molecule has 6 nitrogen and oxygen atoms in total. The van der Waals surface area contributed by atoms with Gasteiger partial charge < -0.3 is 10.7 Å². The zero-order valence-corrected chi connectivity index (χ0v) is 11.2. The number of halogens is 1. The molecule has 0 amide bonds. The highest BCUT2D eigenvalue weighted by atomic mass is 127. The number of rotatable bonds is 1. The highest BCUT2D eigenvalue weighted by molar-refractivity contribution is 14.1. The number of H-pyrrole nitrogens is 1. The molecule has 0 aliphatic heterocycles. The van der Waals surface area contributed by atoms with Crippen LogP contribution < -0.4 is 11.3 Å². The van der Waals surface area contributed by atoms with E-state index >= 15 is 0 Å². The molecule has 0 bridgehead atoms. The molecule has 90 valence electrons. The van der Waals surface area contributed by atoms with E-state index in [1.807, 2.05) is 34.7 Å². The normalized spacial score (nSPS) is 10.9. The Morgan fingerprint density at radius 3 is 3.06 bits per heavy atom. The maximum atomic E-state index is 11.6. The van der Waals surface area contributed by atoms with E-state index in [0.29, 0.717) is 15.1 Å². The van der Waals surface area contributed by atoms with E-state index in [-0.39, 0.29) is 5.56 Å². The van der Waals surface area contributed by atoms with E-state index in [4.69, 9.17) is 5.73 Å². The van der Waals surface area contributed by atoms with Gasteiger partial charge in [-0.2, -0.15) is 5.10 Å². The lowest BCUT2D eigenvalue weighted by molar-refractivity contribution is 0.852. The number of aromatic amines is 1.